The maximum absolute atomic E-state index is 11.9. The molecule has 3 aromatic rings. The largest absolute Gasteiger partial charge is 0.398 e. The van der Waals surface area contributed by atoms with Gasteiger partial charge in [-0.1, -0.05) is 12.6 Å². The van der Waals surface area contributed by atoms with Gasteiger partial charge in [0, 0.05) is 12.1 Å². The van der Waals surface area contributed by atoms with Crippen LogP contribution in [-0.2, 0) is 11.2 Å². The molecule has 0 saturated carbocycles. The van der Waals surface area contributed by atoms with Crippen LogP contribution in [0.3, 0.4) is 0 Å². The molecule has 10 heteroatoms. The zero-order chi connectivity index (χ0) is 21.3. The van der Waals surface area contributed by atoms with E-state index >= 15 is 0 Å². The molecule has 0 bridgehead atoms. The van der Waals surface area contributed by atoms with Crippen LogP contribution in [0.1, 0.15) is 15.9 Å². The first kappa shape index (κ1) is 19.0. The molecule has 4 rings (SSSR count). The first-order valence-electron chi connectivity index (χ1n) is 9.00. The summed E-state index contributed by atoms with van der Waals surface area (Å²) in [5, 5.41) is 21.1. The average Bonchev–Trinajstić information content (AvgIpc) is 3.20. The van der Waals surface area contributed by atoms with E-state index in [4.69, 9.17) is 0 Å². The van der Waals surface area contributed by atoms with E-state index in [1.807, 2.05) is 0 Å². The Morgan fingerprint density at radius 2 is 2.13 bits per heavy atom. The Bertz CT molecular complexity index is 1200. The summed E-state index contributed by atoms with van der Waals surface area (Å²) in [6.45, 7) is 3.91. The Kier molecular flexibility index (Phi) is 4.80. The number of aromatic nitrogens is 3. The summed E-state index contributed by atoms with van der Waals surface area (Å²) in [6, 6.07) is 6.69. The van der Waals surface area contributed by atoms with Crippen molar-refractivity contribution in [1.29, 1.82) is 0 Å². The smallest absolute Gasteiger partial charge is 0.358 e. The lowest BCUT2D eigenvalue weighted by molar-refractivity contribution is -0.389. The maximum Gasteiger partial charge on any atom is 0.398 e. The molecule has 0 fully saturated rings. The summed E-state index contributed by atoms with van der Waals surface area (Å²) < 4.78 is 1.33. The number of nitrogens with one attached hydrogen (secondary N) is 2. The van der Waals surface area contributed by atoms with E-state index in [2.05, 4.69) is 27.3 Å². The van der Waals surface area contributed by atoms with Crippen molar-refractivity contribution in [3.05, 3.63) is 76.8 Å². The second-order valence-electron chi connectivity index (χ2n) is 6.57. The zero-order valence-electron chi connectivity index (χ0n) is 15.7. The number of benzene rings is 1. The second-order valence-corrected chi connectivity index (χ2v) is 6.57. The number of rotatable bonds is 5. The van der Waals surface area contributed by atoms with Crippen molar-refractivity contribution >= 4 is 23.3 Å². The van der Waals surface area contributed by atoms with Crippen molar-refractivity contribution in [2.45, 2.75) is 6.42 Å². The van der Waals surface area contributed by atoms with Gasteiger partial charge in [-0.15, -0.1) is 4.68 Å². The van der Waals surface area contributed by atoms with Crippen molar-refractivity contribution in [3.8, 4) is 16.8 Å². The van der Waals surface area contributed by atoms with Crippen LogP contribution in [0.4, 0.5) is 11.5 Å². The van der Waals surface area contributed by atoms with Gasteiger partial charge >= 0.3 is 5.82 Å². The van der Waals surface area contributed by atoms with Crippen LogP contribution < -0.4 is 10.6 Å². The third-order valence-electron chi connectivity index (χ3n) is 4.65. The molecule has 0 radical (unpaired) electrons. The van der Waals surface area contributed by atoms with E-state index in [1.54, 1.807) is 24.3 Å². The van der Waals surface area contributed by atoms with Gasteiger partial charge in [-0.25, -0.2) is 0 Å². The Morgan fingerprint density at radius 3 is 2.90 bits per heavy atom. The van der Waals surface area contributed by atoms with Gasteiger partial charge in [0.1, 0.15) is 11.3 Å². The molecule has 1 aromatic carbocycles. The van der Waals surface area contributed by atoms with Gasteiger partial charge in [0.15, 0.2) is 0 Å². The number of nitro groups is 1. The summed E-state index contributed by atoms with van der Waals surface area (Å²) in [4.78, 5) is 38.6. The van der Waals surface area contributed by atoms with Crippen LogP contribution in [0.5, 0.6) is 0 Å². The highest BCUT2D eigenvalue weighted by Crippen LogP contribution is 2.32. The van der Waals surface area contributed by atoms with Gasteiger partial charge in [-0.2, -0.15) is 0 Å². The first-order chi connectivity index (χ1) is 14.5. The van der Waals surface area contributed by atoms with Crippen molar-refractivity contribution in [2.75, 3.05) is 11.9 Å². The molecule has 2 amide bonds. The Labute approximate surface area is 170 Å². The molecule has 30 heavy (non-hydrogen) atoms. The lowest BCUT2D eigenvalue weighted by atomic mass is 9.96. The number of fused-ring (bicyclic) bond motifs is 1. The average molecular weight is 404 g/mol. The highest BCUT2D eigenvalue weighted by Gasteiger charge is 2.25. The Hall–Kier alpha value is -4.34. The number of carbonyl (C=O) groups excluding carboxylic acids is 2. The number of pyridine rings is 1. The summed E-state index contributed by atoms with van der Waals surface area (Å²) in [5.41, 5.74) is 3.13. The Balaban J connectivity index is 1.76. The molecule has 10 nitrogen and oxygen atoms in total. The third-order valence-corrected chi connectivity index (χ3v) is 4.65. The predicted octanol–water partition coefficient (Wildman–Crippen LogP) is 2.25. The van der Waals surface area contributed by atoms with Crippen LogP contribution in [-0.4, -0.2) is 38.0 Å². The number of anilines is 1. The molecule has 1 aliphatic heterocycles. The molecule has 2 N–H and O–H groups in total. The molecule has 0 atom stereocenters. The van der Waals surface area contributed by atoms with Gasteiger partial charge in [-0.3, -0.25) is 14.6 Å². The molecule has 3 heterocycles. The summed E-state index contributed by atoms with van der Waals surface area (Å²) >= 11 is 0. The lowest BCUT2D eigenvalue weighted by Crippen LogP contribution is -2.31. The van der Waals surface area contributed by atoms with E-state index < -0.39 is 10.8 Å². The molecule has 0 saturated heterocycles. The topological polar surface area (TPSA) is 132 Å². The minimum atomic E-state index is -0.561. The van der Waals surface area contributed by atoms with Gasteiger partial charge in [-0.05, 0) is 46.7 Å². The number of hydrogen-bond acceptors (Lipinski definition) is 6. The van der Waals surface area contributed by atoms with Crippen LogP contribution >= 0.6 is 0 Å². The van der Waals surface area contributed by atoms with E-state index in [-0.39, 0.29) is 11.7 Å². The van der Waals surface area contributed by atoms with E-state index in [9.17, 15) is 19.7 Å². The van der Waals surface area contributed by atoms with E-state index in [1.165, 1.54) is 23.3 Å². The van der Waals surface area contributed by atoms with Crippen LogP contribution in [0.25, 0.3) is 16.8 Å². The number of carbonyl (C=O) groups is 2. The van der Waals surface area contributed by atoms with Gasteiger partial charge in [0.25, 0.3) is 5.91 Å². The molecule has 0 spiro atoms. The van der Waals surface area contributed by atoms with E-state index in [0.29, 0.717) is 41.0 Å². The molecule has 0 aliphatic carbocycles. The number of nitrogens with zero attached hydrogens (tertiary/aromatic N) is 4. The molecular weight excluding hydrogens is 388 g/mol. The lowest BCUT2D eigenvalue weighted by Gasteiger charge is -2.16. The van der Waals surface area contributed by atoms with Gasteiger partial charge < -0.3 is 20.7 Å². The maximum atomic E-state index is 11.9. The van der Waals surface area contributed by atoms with Crippen LogP contribution in [0, 0.1) is 10.1 Å². The van der Waals surface area contributed by atoms with Crippen molar-refractivity contribution in [3.63, 3.8) is 0 Å². The van der Waals surface area contributed by atoms with Crippen molar-refractivity contribution in [2.24, 2.45) is 0 Å². The fourth-order valence-corrected chi connectivity index (χ4v) is 3.25. The fourth-order valence-electron chi connectivity index (χ4n) is 3.25. The minimum absolute atomic E-state index is 0.155. The normalized spacial score (nSPS) is 12.6. The second kappa shape index (κ2) is 7.59. The molecule has 150 valence electrons. The first-order valence-corrected chi connectivity index (χ1v) is 9.00. The summed E-state index contributed by atoms with van der Waals surface area (Å²) in [6.07, 6.45) is 6.21. The highest BCUT2D eigenvalue weighted by atomic mass is 16.6. The van der Waals surface area contributed by atoms with Crippen LogP contribution in [0.15, 0.2) is 55.5 Å². The molecule has 2 aromatic heterocycles. The quantitative estimate of drug-likeness (QED) is 0.381. The number of amides is 2. The van der Waals surface area contributed by atoms with Gasteiger partial charge in [0.2, 0.25) is 5.91 Å². The molecule has 1 aliphatic rings. The third kappa shape index (κ3) is 3.53. The summed E-state index contributed by atoms with van der Waals surface area (Å²) in [7, 11) is 0. The fraction of sp³-hybridized carbons (Fsp3) is 0.100. The standard InChI is InChI=1S/C20H16N6O4/c1-2-18(27)23-14-8-15(10-21-9-14)25-11-17(19(24-25)26(29)30)12-3-4-16-13(7-12)5-6-22-20(16)28/h2-4,7-11H,1,5-6H2,(H,22,28)(H,23,27). The highest BCUT2D eigenvalue weighted by molar-refractivity contribution is 5.99. The SMILES string of the molecule is C=CC(=O)Nc1cncc(-n2cc(-c3ccc4c(c3)CCNC4=O)c([N+](=O)[O-])n2)c1. The minimum Gasteiger partial charge on any atom is -0.358 e. The Morgan fingerprint density at radius 1 is 1.30 bits per heavy atom. The zero-order valence-corrected chi connectivity index (χ0v) is 15.7. The van der Waals surface area contributed by atoms with Crippen molar-refractivity contribution < 1.29 is 14.5 Å². The molecular formula is C20H16N6O4. The van der Waals surface area contributed by atoms with E-state index in [0.717, 1.165) is 11.6 Å². The predicted molar refractivity (Wildman–Crippen MR) is 108 cm³/mol. The van der Waals surface area contributed by atoms with Crippen molar-refractivity contribution in [1.82, 2.24) is 20.1 Å². The van der Waals surface area contributed by atoms with Gasteiger partial charge in [0.05, 0.1) is 29.4 Å². The van der Waals surface area contributed by atoms with Crippen LogP contribution in [0.2, 0.25) is 0 Å². The summed E-state index contributed by atoms with van der Waals surface area (Å²) in [5.74, 6) is -0.882. The molecule has 0 unspecified atom stereocenters. The monoisotopic (exact) mass is 404 g/mol. The number of hydrogen-bond donors (Lipinski definition) is 2.